The number of nitrogens with one attached hydrogen (secondary N) is 1. The summed E-state index contributed by atoms with van der Waals surface area (Å²) in [6.07, 6.45) is -3.49. The maximum Gasteiger partial charge on any atom is 0.407 e. The molecule has 0 aromatic heterocycles. The van der Waals surface area contributed by atoms with Crippen LogP contribution in [0.5, 0.6) is 0 Å². The number of hydrogen-bond acceptors (Lipinski definition) is 5. The van der Waals surface area contributed by atoms with Crippen molar-refractivity contribution in [1.82, 2.24) is 5.32 Å². The van der Waals surface area contributed by atoms with Crippen molar-refractivity contribution >= 4 is 12.4 Å². The van der Waals surface area contributed by atoms with Gasteiger partial charge in [0.25, 0.3) is 0 Å². The molecule has 2 unspecified atom stereocenters. The van der Waals surface area contributed by atoms with E-state index in [0.29, 0.717) is 6.29 Å². The maximum absolute atomic E-state index is 13.9. The van der Waals surface area contributed by atoms with E-state index in [9.17, 15) is 24.2 Å². The minimum Gasteiger partial charge on any atom is -0.444 e. The van der Waals surface area contributed by atoms with Gasteiger partial charge in [-0.25, -0.2) is 9.18 Å². The van der Waals surface area contributed by atoms with Gasteiger partial charge in [0, 0.05) is 12.1 Å². The third-order valence-corrected chi connectivity index (χ3v) is 2.72. The smallest absolute Gasteiger partial charge is 0.407 e. The van der Waals surface area contributed by atoms with Gasteiger partial charge in [-0.3, -0.25) is 4.79 Å². The Morgan fingerprint density at radius 1 is 1.41 bits per heavy atom. The highest BCUT2D eigenvalue weighted by atomic mass is 19.1. The molecular formula is C15H20FNO5. The van der Waals surface area contributed by atoms with Crippen LogP contribution in [0.25, 0.3) is 0 Å². The Balaban J connectivity index is 2.68. The third kappa shape index (κ3) is 5.09. The lowest BCUT2D eigenvalue weighted by Crippen LogP contribution is -2.39. The topological polar surface area (TPSA) is 95.9 Å². The Morgan fingerprint density at radius 3 is 2.59 bits per heavy atom. The molecule has 122 valence electrons. The first-order chi connectivity index (χ1) is 10.2. The molecule has 7 heteroatoms. The Morgan fingerprint density at radius 2 is 2.05 bits per heavy atom. The van der Waals surface area contributed by atoms with Gasteiger partial charge in [-0.1, -0.05) is 12.1 Å². The van der Waals surface area contributed by atoms with Crippen molar-refractivity contribution in [3.63, 3.8) is 0 Å². The molecule has 3 N–H and O–H groups in total. The summed E-state index contributed by atoms with van der Waals surface area (Å²) in [4.78, 5) is 22.1. The molecule has 2 atom stereocenters. The van der Waals surface area contributed by atoms with E-state index >= 15 is 0 Å². The number of amides is 1. The van der Waals surface area contributed by atoms with Crippen molar-refractivity contribution in [2.75, 3.05) is 6.54 Å². The first-order valence-electron chi connectivity index (χ1n) is 6.72. The first kappa shape index (κ1) is 18.1. The molecule has 0 bridgehead atoms. The second kappa shape index (κ2) is 7.33. The molecule has 1 aromatic rings. The van der Waals surface area contributed by atoms with Gasteiger partial charge in [-0.05, 0) is 26.8 Å². The van der Waals surface area contributed by atoms with Crippen molar-refractivity contribution in [2.24, 2.45) is 0 Å². The standard InChI is InChI=1S/C15H20FNO5/c1-15(2,3)22-14(21)17-7-11(19)13(20)10-6-4-5-9(8-18)12(10)16/h4-6,8,11,13,19-20H,7H2,1-3H3,(H,17,21). The molecule has 0 spiro atoms. The minimum atomic E-state index is -1.59. The van der Waals surface area contributed by atoms with Crippen LogP contribution in [-0.2, 0) is 4.74 Å². The lowest BCUT2D eigenvalue weighted by molar-refractivity contribution is 0.0113. The lowest BCUT2D eigenvalue weighted by atomic mass is 10.0. The average Bonchev–Trinajstić information content (AvgIpc) is 2.42. The molecule has 0 saturated carbocycles. The number of benzene rings is 1. The van der Waals surface area contributed by atoms with E-state index in [2.05, 4.69) is 5.32 Å². The van der Waals surface area contributed by atoms with Gasteiger partial charge in [0.05, 0.1) is 5.56 Å². The maximum atomic E-state index is 13.9. The van der Waals surface area contributed by atoms with Crippen LogP contribution in [0.15, 0.2) is 18.2 Å². The molecule has 0 fully saturated rings. The van der Waals surface area contributed by atoms with E-state index in [4.69, 9.17) is 4.74 Å². The van der Waals surface area contributed by atoms with Crippen LogP contribution < -0.4 is 5.32 Å². The van der Waals surface area contributed by atoms with Gasteiger partial charge in [0.1, 0.15) is 23.6 Å². The van der Waals surface area contributed by atoms with E-state index in [0.717, 1.165) is 0 Å². The van der Waals surface area contributed by atoms with Crippen LogP contribution in [0.2, 0.25) is 0 Å². The van der Waals surface area contributed by atoms with E-state index < -0.39 is 29.7 Å². The average molecular weight is 313 g/mol. The number of carbonyl (C=O) groups is 2. The molecule has 0 aliphatic carbocycles. The molecular weight excluding hydrogens is 293 g/mol. The second-order valence-corrected chi connectivity index (χ2v) is 5.76. The fourth-order valence-electron chi connectivity index (χ4n) is 1.71. The summed E-state index contributed by atoms with van der Waals surface area (Å²) in [5, 5.41) is 22.0. The van der Waals surface area contributed by atoms with Crippen molar-refractivity contribution in [1.29, 1.82) is 0 Å². The van der Waals surface area contributed by atoms with Gasteiger partial charge < -0.3 is 20.3 Å². The van der Waals surface area contributed by atoms with Gasteiger partial charge in [0.15, 0.2) is 6.29 Å². The zero-order chi connectivity index (χ0) is 16.9. The number of aldehydes is 1. The summed E-state index contributed by atoms with van der Waals surface area (Å²) in [6.45, 7) is 4.70. The zero-order valence-electron chi connectivity index (χ0n) is 12.7. The number of halogens is 1. The number of aliphatic hydroxyl groups is 2. The van der Waals surface area contributed by atoms with Crippen LogP contribution in [-0.4, -0.2) is 40.8 Å². The predicted molar refractivity (Wildman–Crippen MR) is 77.0 cm³/mol. The van der Waals surface area contributed by atoms with Crippen LogP contribution in [0, 0.1) is 5.82 Å². The minimum absolute atomic E-state index is 0.219. The zero-order valence-corrected chi connectivity index (χ0v) is 12.7. The molecule has 22 heavy (non-hydrogen) atoms. The summed E-state index contributed by atoms with van der Waals surface area (Å²) in [6, 6.07) is 3.90. The first-order valence-corrected chi connectivity index (χ1v) is 6.72. The van der Waals surface area contributed by atoms with E-state index in [1.807, 2.05) is 0 Å². The number of carbonyl (C=O) groups excluding carboxylic acids is 2. The van der Waals surface area contributed by atoms with Gasteiger partial charge in [-0.15, -0.1) is 0 Å². The van der Waals surface area contributed by atoms with Gasteiger partial charge in [0.2, 0.25) is 0 Å². The quantitative estimate of drug-likeness (QED) is 0.717. The lowest BCUT2D eigenvalue weighted by Gasteiger charge is -2.22. The SMILES string of the molecule is CC(C)(C)OC(=O)NCC(O)C(O)c1cccc(C=O)c1F. The highest BCUT2D eigenvalue weighted by Crippen LogP contribution is 2.22. The molecule has 1 aromatic carbocycles. The van der Waals surface area contributed by atoms with Crippen LogP contribution >= 0.6 is 0 Å². The molecule has 0 heterocycles. The summed E-state index contributed by atoms with van der Waals surface area (Å²) in [7, 11) is 0. The monoisotopic (exact) mass is 313 g/mol. The van der Waals surface area contributed by atoms with Crippen molar-refractivity contribution in [3.05, 3.63) is 35.1 Å². The Bertz CT molecular complexity index is 541. The van der Waals surface area contributed by atoms with Crippen LogP contribution in [0.1, 0.15) is 42.8 Å². The van der Waals surface area contributed by atoms with Gasteiger partial charge >= 0.3 is 6.09 Å². The van der Waals surface area contributed by atoms with E-state index in [1.54, 1.807) is 20.8 Å². The number of hydrogen-bond donors (Lipinski definition) is 3. The van der Waals surface area contributed by atoms with Crippen molar-refractivity contribution in [2.45, 2.75) is 38.6 Å². The summed E-state index contributed by atoms with van der Waals surface area (Å²) >= 11 is 0. The van der Waals surface area contributed by atoms with E-state index in [-0.39, 0.29) is 17.7 Å². The molecule has 0 radical (unpaired) electrons. The van der Waals surface area contributed by atoms with Crippen LogP contribution in [0.4, 0.5) is 9.18 Å². The Hall–Kier alpha value is -1.99. The summed E-state index contributed by atoms with van der Waals surface area (Å²) in [5.74, 6) is -0.902. The normalized spacial score (nSPS) is 14.1. The van der Waals surface area contributed by atoms with E-state index in [1.165, 1.54) is 18.2 Å². The molecule has 0 saturated heterocycles. The molecule has 0 aliphatic rings. The third-order valence-electron chi connectivity index (χ3n) is 2.72. The molecule has 1 rings (SSSR count). The fourth-order valence-corrected chi connectivity index (χ4v) is 1.71. The van der Waals surface area contributed by atoms with Crippen molar-refractivity contribution < 1.29 is 28.9 Å². The Labute approximate surface area is 127 Å². The summed E-state index contributed by atoms with van der Waals surface area (Å²) < 4.78 is 18.9. The highest BCUT2D eigenvalue weighted by molar-refractivity contribution is 5.75. The number of aliphatic hydroxyl groups excluding tert-OH is 2. The largest absolute Gasteiger partial charge is 0.444 e. The number of ether oxygens (including phenoxy) is 1. The highest BCUT2D eigenvalue weighted by Gasteiger charge is 2.24. The predicted octanol–water partition coefficient (Wildman–Crippen LogP) is 1.56. The van der Waals surface area contributed by atoms with Crippen molar-refractivity contribution in [3.8, 4) is 0 Å². The molecule has 0 aliphatic heterocycles. The number of rotatable bonds is 5. The number of alkyl carbamates (subject to hydrolysis) is 1. The second-order valence-electron chi connectivity index (χ2n) is 5.76. The van der Waals surface area contributed by atoms with Gasteiger partial charge in [-0.2, -0.15) is 0 Å². The fraction of sp³-hybridized carbons (Fsp3) is 0.467. The Kier molecular flexibility index (Phi) is 6.01. The molecule has 1 amide bonds. The summed E-state index contributed by atoms with van der Waals surface area (Å²) in [5.41, 5.74) is -1.13. The molecule has 6 nitrogen and oxygen atoms in total. The van der Waals surface area contributed by atoms with Crippen LogP contribution in [0.3, 0.4) is 0 Å².